The largest absolute Gasteiger partial charge is 0.507 e. The Morgan fingerprint density at radius 1 is 1.10 bits per heavy atom. The molecule has 4 rings (SSSR count). The quantitative estimate of drug-likeness (QED) is 0.290. The van der Waals surface area contributed by atoms with E-state index in [9.17, 15) is 25.2 Å². The number of ether oxygens (including phenoxy) is 4. The lowest BCUT2D eigenvalue weighted by molar-refractivity contribution is -0.268. The topological polar surface area (TPSA) is 148 Å². The van der Waals surface area contributed by atoms with Crippen molar-refractivity contribution < 1.29 is 43.8 Å². The molecule has 0 unspecified atom stereocenters. The van der Waals surface area contributed by atoms with Crippen molar-refractivity contribution in [1.29, 1.82) is 0 Å². The number of phenolic OH excluding ortho intramolecular Hbond substituents is 1. The molecular formula is C30H34O10. The van der Waals surface area contributed by atoms with Crippen LogP contribution in [0.3, 0.4) is 0 Å². The van der Waals surface area contributed by atoms with Gasteiger partial charge in [-0.1, -0.05) is 24.3 Å². The second kappa shape index (κ2) is 12.1. The van der Waals surface area contributed by atoms with Gasteiger partial charge in [0.1, 0.15) is 53.1 Å². The maximum atomic E-state index is 14.0. The molecule has 1 aliphatic rings. The number of aliphatic hydroxyl groups excluding tert-OH is 3. The van der Waals surface area contributed by atoms with Crippen LogP contribution < -0.4 is 19.6 Å². The highest BCUT2D eigenvalue weighted by atomic mass is 16.7. The Balaban J connectivity index is 1.99. The van der Waals surface area contributed by atoms with Crippen molar-refractivity contribution in [2.24, 2.45) is 0 Å². The zero-order valence-electron chi connectivity index (χ0n) is 22.8. The zero-order chi connectivity index (χ0) is 29.1. The molecule has 0 saturated carbocycles. The standard InChI is InChI=1S/C30H34O10/c1-6-13-37-21-14-20(31)22-24(33)29(40-30-26(35)25(34)23(32)16(4)38-30)27(17-8-10-18(36-5)11-9-17)39-28(22)19(21)12-7-15(2)3/h6-11,14,16,23,25-26,30-32,34-35H,1,12-13H2,2-5H3/t16-,23-,25+,26+,30-/m0/s1. The van der Waals surface area contributed by atoms with Crippen molar-refractivity contribution in [2.75, 3.05) is 13.7 Å². The molecule has 2 heterocycles. The summed E-state index contributed by atoms with van der Waals surface area (Å²) in [6.07, 6.45) is -3.22. The van der Waals surface area contributed by atoms with Crippen LogP contribution in [0.4, 0.5) is 0 Å². The summed E-state index contributed by atoms with van der Waals surface area (Å²) in [6.45, 7) is 9.18. The highest BCUT2D eigenvalue weighted by Crippen LogP contribution is 2.40. The number of methoxy groups -OCH3 is 1. The fraction of sp³-hybridized carbons (Fsp3) is 0.367. The number of benzene rings is 2. The van der Waals surface area contributed by atoms with Crippen LogP contribution in [0.15, 0.2) is 63.8 Å². The third kappa shape index (κ3) is 5.71. The van der Waals surface area contributed by atoms with E-state index >= 15 is 0 Å². The van der Waals surface area contributed by atoms with Crippen molar-refractivity contribution in [3.63, 3.8) is 0 Å². The molecule has 1 aromatic heterocycles. The lowest BCUT2D eigenvalue weighted by Crippen LogP contribution is -2.58. The van der Waals surface area contributed by atoms with Gasteiger partial charge in [-0.15, -0.1) is 0 Å². The van der Waals surface area contributed by atoms with Crippen molar-refractivity contribution in [3.8, 4) is 34.3 Å². The Morgan fingerprint density at radius 2 is 1.80 bits per heavy atom. The third-order valence-electron chi connectivity index (χ3n) is 6.63. The van der Waals surface area contributed by atoms with E-state index in [1.807, 2.05) is 19.9 Å². The van der Waals surface area contributed by atoms with Gasteiger partial charge in [-0.3, -0.25) is 4.79 Å². The summed E-state index contributed by atoms with van der Waals surface area (Å²) in [5, 5.41) is 41.7. The van der Waals surface area contributed by atoms with Gasteiger partial charge in [0.2, 0.25) is 17.5 Å². The number of rotatable bonds is 9. The number of aliphatic hydroxyl groups is 3. The lowest BCUT2D eigenvalue weighted by Gasteiger charge is -2.38. The first kappa shape index (κ1) is 29.2. The molecular weight excluding hydrogens is 520 g/mol. The van der Waals surface area contributed by atoms with Gasteiger partial charge >= 0.3 is 0 Å². The molecule has 0 bridgehead atoms. The van der Waals surface area contributed by atoms with Gasteiger partial charge in [-0.05, 0) is 51.5 Å². The minimum atomic E-state index is -1.68. The fourth-order valence-electron chi connectivity index (χ4n) is 4.40. The van der Waals surface area contributed by atoms with Gasteiger partial charge in [0.25, 0.3) is 0 Å². The van der Waals surface area contributed by atoms with Gasteiger partial charge in [-0.2, -0.15) is 0 Å². The van der Waals surface area contributed by atoms with Crippen LogP contribution in [0.1, 0.15) is 26.3 Å². The first-order chi connectivity index (χ1) is 19.1. The normalized spacial score (nSPS) is 22.5. The number of phenols is 1. The first-order valence-corrected chi connectivity index (χ1v) is 12.8. The summed E-state index contributed by atoms with van der Waals surface area (Å²) in [4.78, 5) is 14.0. The van der Waals surface area contributed by atoms with Gasteiger partial charge < -0.3 is 43.8 Å². The molecule has 0 spiro atoms. The van der Waals surface area contributed by atoms with E-state index in [1.54, 1.807) is 30.3 Å². The molecule has 10 nitrogen and oxygen atoms in total. The van der Waals surface area contributed by atoms with Crippen molar-refractivity contribution in [2.45, 2.75) is 57.9 Å². The molecule has 40 heavy (non-hydrogen) atoms. The van der Waals surface area contributed by atoms with Crippen molar-refractivity contribution >= 4 is 11.0 Å². The molecule has 4 N–H and O–H groups in total. The average molecular weight is 555 g/mol. The molecule has 10 heteroatoms. The highest BCUT2D eigenvalue weighted by Gasteiger charge is 2.44. The zero-order valence-corrected chi connectivity index (χ0v) is 22.8. The average Bonchev–Trinajstić information content (AvgIpc) is 2.93. The van der Waals surface area contributed by atoms with Gasteiger partial charge in [0, 0.05) is 17.2 Å². The van der Waals surface area contributed by atoms with Gasteiger partial charge in [0.15, 0.2) is 5.76 Å². The second-order valence-electron chi connectivity index (χ2n) is 9.78. The molecule has 3 aromatic rings. The van der Waals surface area contributed by atoms with E-state index in [4.69, 9.17) is 23.4 Å². The number of allylic oxidation sites excluding steroid dienone is 2. The Labute approximate surface area is 231 Å². The van der Waals surface area contributed by atoms with Crippen LogP contribution in [-0.4, -0.2) is 64.8 Å². The predicted molar refractivity (Wildman–Crippen MR) is 148 cm³/mol. The van der Waals surface area contributed by atoms with E-state index in [2.05, 4.69) is 6.58 Å². The molecule has 1 aliphatic heterocycles. The first-order valence-electron chi connectivity index (χ1n) is 12.8. The van der Waals surface area contributed by atoms with E-state index in [-0.39, 0.29) is 29.1 Å². The van der Waals surface area contributed by atoms with E-state index < -0.39 is 41.9 Å². The Bertz CT molecular complexity index is 1450. The number of hydrogen-bond acceptors (Lipinski definition) is 10. The number of fused-ring (bicyclic) bond motifs is 1. The molecule has 5 atom stereocenters. The molecule has 1 fully saturated rings. The van der Waals surface area contributed by atoms with E-state index in [0.29, 0.717) is 29.0 Å². The summed E-state index contributed by atoms with van der Waals surface area (Å²) in [5.74, 6) is 0.109. The Hall–Kier alpha value is -3.83. The van der Waals surface area contributed by atoms with Crippen LogP contribution in [0.5, 0.6) is 23.0 Å². The summed E-state index contributed by atoms with van der Waals surface area (Å²) in [6, 6.07) is 7.99. The second-order valence-corrected chi connectivity index (χ2v) is 9.78. The summed E-state index contributed by atoms with van der Waals surface area (Å²) in [5.41, 5.74) is 1.33. The van der Waals surface area contributed by atoms with Crippen LogP contribution in [0, 0.1) is 0 Å². The minimum Gasteiger partial charge on any atom is -0.507 e. The lowest BCUT2D eigenvalue weighted by atomic mass is 10.00. The number of aromatic hydroxyl groups is 1. The maximum Gasteiger partial charge on any atom is 0.239 e. The van der Waals surface area contributed by atoms with Crippen molar-refractivity contribution in [3.05, 3.63) is 70.4 Å². The van der Waals surface area contributed by atoms with Crippen LogP contribution in [0.25, 0.3) is 22.3 Å². The molecule has 1 saturated heterocycles. The molecule has 0 radical (unpaired) electrons. The maximum absolute atomic E-state index is 14.0. The van der Waals surface area contributed by atoms with Crippen LogP contribution in [-0.2, 0) is 11.2 Å². The predicted octanol–water partition coefficient (Wildman–Crippen LogP) is 3.45. The molecule has 214 valence electrons. The number of hydrogen-bond donors (Lipinski definition) is 4. The smallest absolute Gasteiger partial charge is 0.239 e. The van der Waals surface area contributed by atoms with Gasteiger partial charge in [-0.25, -0.2) is 0 Å². The fourth-order valence-corrected chi connectivity index (χ4v) is 4.40. The summed E-state index contributed by atoms with van der Waals surface area (Å²) >= 11 is 0. The molecule has 0 amide bonds. The van der Waals surface area contributed by atoms with Crippen molar-refractivity contribution in [1.82, 2.24) is 0 Å². The SMILES string of the molecule is C=CCOc1cc(O)c2c(=O)c(O[C@@H]3O[C@@H](C)[C@H](O)[C@@H](O)[C@H]3O)c(-c3ccc(OC)cc3)oc2c1CC=C(C)C. The summed E-state index contributed by atoms with van der Waals surface area (Å²) < 4.78 is 28.8. The monoisotopic (exact) mass is 554 g/mol. The van der Waals surface area contributed by atoms with E-state index in [1.165, 1.54) is 20.1 Å². The van der Waals surface area contributed by atoms with Crippen LogP contribution in [0.2, 0.25) is 0 Å². The summed E-state index contributed by atoms with van der Waals surface area (Å²) in [7, 11) is 1.52. The Morgan fingerprint density at radius 3 is 2.42 bits per heavy atom. The highest BCUT2D eigenvalue weighted by molar-refractivity contribution is 5.91. The minimum absolute atomic E-state index is 0.0112. The van der Waals surface area contributed by atoms with Crippen LogP contribution >= 0.6 is 0 Å². The molecule has 2 aromatic carbocycles. The van der Waals surface area contributed by atoms with E-state index in [0.717, 1.165) is 5.57 Å². The third-order valence-corrected chi connectivity index (χ3v) is 6.63. The Kier molecular flexibility index (Phi) is 8.85. The molecule has 0 aliphatic carbocycles. The van der Waals surface area contributed by atoms with Gasteiger partial charge in [0.05, 0.1) is 13.2 Å².